The molecule has 0 saturated heterocycles. The molecular weight excluding hydrogens is 344 g/mol. The number of halogens is 1. The Bertz CT molecular complexity index is 842. The Balaban J connectivity index is 1.38. The van der Waals surface area contributed by atoms with E-state index in [1.54, 1.807) is 0 Å². The highest BCUT2D eigenvalue weighted by atomic mass is 35.5. The first-order valence-electron chi connectivity index (χ1n) is 9.19. The molecule has 0 aliphatic carbocycles. The maximum Gasteiger partial charge on any atom is 0.134 e. The zero-order chi connectivity index (χ0) is 17.8. The Morgan fingerprint density at radius 3 is 2.42 bits per heavy atom. The van der Waals surface area contributed by atoms with Crippen LogP contribution in [0.5, 0.6) is 0 Å². The molecule has 0 radical (unpaired) electrons. The van der Waals surface area contributed by atoms with Gasteiger partial charge in [-0.05, 0) is 29.7 Å². The summed E-state index contributed by atoms with van der Waals surface area (Å²) >= 11 is 5.99. The summed E-state index contributed by atoms with van der Waals surface area (Å²) in [5, 5.41) is 9.69. The third-order valence-corrected chi connectivity index (χ3v) is 5.25. The molecule has 4 rings (SSSR count). The largest absolute Gasteiger partial charge is 0.314 e. The molecule has 4 nitrogen and oxygen atoms in total. The van der Waals surface area contributed by atoms with Crippen LogP contribution in [0, 0.1) is 0 Å². The molecule has 1 aromatic heterocycles. The number of aromatic nitrogens is 3. The minimum atomic E-state index is 0.791. The Kier molecular flexibility index (Phi) is 5.32. The molecule has 0 bridgehead atoms. The second kappa shape index (κ2) is 8.02. The van der Waals surface area contributed by atoms with E-state index in [1.165, 1.54) is 11.1 Å². The SMILES string of the molecule is Clc1ccc(CN2CCc3nnc(CCc4ccccc4)n3CC2)cc1. The van der Waals surface area contributed by atoms with Crippen molar-refractivity contribution < 1.29 is 0 Å². The standard InChI is InChI=1S/C21H23ClN4/c22-19-9-6-18(7-10-19)16-25-13-12-21-24-23-20(26(21)15-14-25)11-8-17-4-2-1-3-5-17/h1-7,9-10H,8,11-16H2. The Hall–Kier alpha value is -2.17. The highest BCUT2D eigenvalue weighted by Gasteiger charge is 2.18. The number of nitrogens with zero attached hydrogens (tertiary/aromatic N) is 4. The van der Waals surface area contributed by atoms with Gasteiger partial charge in [-0.25, -0.2) is 0 Å². The molecular formula is C21H23ClN4. The summed E-state index contributed by atoms with van der Waals surface area (Å²) in [6.45, 7) is 3.94. The van der Waals surface area contributed by atoms with E-state index in [0.29, 0.717) is 0 Å². The number of rotatable bonds is 5. The minimum Gasteiger partial charge on any atom is -0.314 e. The molecule has 0 atom stereocenters. The van der Waals surface area contributed by atoms with Gasteiger partial charge < -0.3 is 4.57 Å². The quantitative estimate of drug-likeness (QED) is 0.689. The van der Waals surface area contributed by atoms with Crippen LogP contribution in [0.1, 0.15) is 22.8 Å². The molecule has 3 aromatic rings. The number of hydrogen-bond acceptors (Lipinski definition) is 3. The van der Waals surface area contributed by atoms with E-state index >= 15 is 0 Å². The van der Waals surface area contributed by atoms with Crippen LogP contribution in [-0.2, 0) is 32.4 Å². The number of fused-ring (bicyclic) bond motifs is 1. The predicted octanol–water partition coefficient (Wildman–Crippen LogP) is 3.78. The summed E-state index contributed by atoms with van der Waals surface area (Å²) < 4.78 is 2.32. The fourth-order valence-electron chi connectivity index (χ4n) is 3.52. The lowest BCUT2D eigenvalue weighted by atomic mass is 10.1. The van der Waals surface area contributed by atoms with Crippen molar-refractivity contribution in [1.29, 1.82) is 0 Å². The third kappa shape index (κ3) is 4.14. The van der Waals surface area contributed by atoms with Crippen LogP contribution in [0.15, 0.2) is 54.6 Å². The molecule has 0 spiro atoms. The number of aryl methyl sites for hydroxylation is 2. The van der Waals surface area contributed by atoms with E-state index in [4.69, 9.17) is 11.6 Å². The van der Waals surface area contributed by atoms with E-state index in [-0.39, 0.29) is 0 Å². The summed E-state index contributed by atoms with van der Waals surface area (Å²) in [5.74, 6) is 2.23. The van der Waals surface area contributed by atoms with E-state index in [1.807, 2.05) is 12.1 Å². The highest BCUT2D eigenvalue weighted by Crippen LogP contribution is 2.15. The van der Waals surface area contributed by atoms with Crippen molar-refractivity contribution >= 4 is 11.6 Å². The lowest BCUT2D eigenvalue weighted by molar-refractivity contribution is 0.270. The molecule has 0 fully saturated rings. The molecule has 26 heavy (non-hydrogen) atoms. The molecule has 0 amide bonds. The summed E-state index contributed by atoms with van der Waals surface area (Å²) in [5.41, 5.74) is 2.65. The van der Waals surface area contributed by atoms with Crippen molar-refractivity contribution in [3.63, 3.8) is 0 Å². The van der Waals surface area contributed by atoms with Gasteiger partial charge >= 0.3 is 0 Å². The third-order valence-electron chi connectivity index (χ3n) is 5.00. The predicted molar refractivity (Wildman–Crippen MR) is 104 cm³/mol. The van der Waals surface area contributed by atoms with Gasteiger partial charge in [-0.15, -0.1) is 10.2 Å². The van der Waals surface area contributed by atoms with Crippen molar-refractivity contribution in [1.82, 2.24) is 19.7 Å². The molecule has 1 aliphatic heterocycles. The Morgan fingerprint density at radius 2 is 1.62 bits per heavy atom. The van der Waals surface area contributed by atoms with Crippen LogP contribution in [-0.4, -0.2) is 32.8 Å². The van der Waals surface area contributed by atoms with Crippen molar-refractivity contribution in [2.45, 2.75) is 32.4 Å². The normalized spacial score (nSPS) is 14.8. The molecule has 2 heterocycles. The van der Waals surface area contributed by atoms with Gasteiger partial charge in [0, 0.05) is 44.0 Å². The van der Waals surface area contributed by atoms with Crippen LogP contribution >= 0.6 is 11.6 Å². The molecule has 134 valence electrons. The van der Waals surface area contributed by atoms with Gasteiger partial charge in [0.1, 0.15) is 11.6 Å². The topological polar surface area (TPSA) is 34.0 Å². The summed E-state index contributed by atoms with van der Waals surface area (Å²) in [4.78, 5) is 2.49. The van der Waals surface area contributed by atoms with Gasteiger partial charge in [0.15, 0.2) is 0 Å². The van der Waals surface area contributed by atoms with E-state index in [0.717, 1.165) is 62.1 Å². The lowest BCUT2D eigenvalue weighted by Crippen LogP contribution is -2.26. The molecule has 1 aliphatic rings. The van der Waals surface area contributed by atoms with Crippen LogP contribution in [0.3, 0.4) is 0 Å². The van der Waals surface area contributed by atoms with Crippen LogP contribution in [0.2, 0.25) is 5.02 Å². The van der Waals surface area contributed by atoms with Crippen LogP contribution < -0.4 is 0 Å². The van der Waals surface area contributed by atoms with Crippen molar-refractivity contribution in [2.24, 2.45) is 0 Å². The fourth-order valence-corrected chi connectivity index (χ4v) is 3.64. The average molecular weight is 367 g/mol. The van der Waals surface area contributed by atoms with Gasteiger partial charge in [-0.1, -0.05) is 54.1 Å². The summed E-state index contributed by atoms with van der Waals surface area (Å²) in [6.07, 6.45) is 2.90. The maximum atomic E-state index is 5.99. The molecule has 0 unspecified atom stereocenters. The number of benzene rings is 2. The van der Waals surface area contributed by atoms with Gasteiger partial charge in [0.25, 0.3) is 0 Å². The zero-order valence-corrected chi connectivity index (χ0v) is 15.6. The summed E-state index contributed by atoms with van der Waals surface area (Å²) in [7, 11) is 0. The Morgan fingerprint density at radius 1 is 0.808 bits per heavy atom. The van der Waals surface area contributed by atoms with Crippen LogP contribution in [0.4, 0.5) is 0 Å². The lowest BCUT2D eigenvalue weighted by Gasteiger charge is -2.19. The summed E-state index contributed by atoms with van der Waals surface area (Å²) in [6, 6.07) is 18.7. The zero-order valence-electron chi connectivity index (χ0n) is 14.8. The van der Waals surface area contributed by atoms with Crippen molar-refractivity contribution in [3.05, 3.63) is 82.4 Å². The molecule has 2 aromatic carbocycles. The molecule has 5 heteroatoms. The second-order valence-electron chi connectivity index (χ2n) is 6.82. The molecule has 0 N–H and O–H groups in total. The van der Waals surface area contributed by atoms with Crippen molar-refractivity contribution in [3.8, 4) is 0 Å². The van der Waals surface area contributed by atoms with Gasteiger partial charge in [0.05, 0.1) is 0 Å². The minimum absolute atomic E-state index is 0.791. The highest BCUT2D eigenvalue weighted by molar-refractivity contribution is 6.30. The van der Waals surface area contributed by atoms with Gasteiger partial charge in [-0.2, -0.15) is 0 Å². The van der Waals surface area contributed by atoms with Gasteiger partial charge in [-0.3, -0.25) is 4.90 Å². The van der Waals surface area contributed by atoms with E-state index in [2.05, 4.69) is 62.1 Å². The first-order valence-corrected chi connectivity index (χ1v) is 9.57. The first-order chi connectivity index (χ1) is 12.8. The van der Waals surface area contributed by atoms with Crippen molar-refractivity contribution in [2.75, 3.05) is 13.1 Å². The first kappa shape index (κ1) is 17.3. The Labute approximate surface area is 159 Å². The van der Waals surface area contributed by atoms with Crippen LogP contribution in [0.25, 0.3) is 0 Å². The van der Waals surface area contributed by atoms with E-state index < -0.39 is 0 Å². The fraction of sp³-hybridized carbons (Fsp3) is 0.333. The maximum absolute atomic E-state index is 5.99. The molecule has 0 saturated carbocycles. The number of hydrogen-bond donors (Lipinski definition) is 0. The van der Waals surface area contributed by atoms with Gasteiger partial charge in [0.2, 0.25) is 0 Å². The average Bonchev–Trinajstić information content (AvgIpc) is 2.95. The monoisotopic (exact) mass is 366 g/mol. The van der Waals surface area contributed by atoms with E-state index in [9.17, 15) is 0 Å². The smallest absolute Gasteiger partial charge is 0.134 e. The second-order valence-corrected chi connectivity index (χ2v) is 7.26.